The third-order valence-corrected chi connectivity index (χ3v) is 13.2. The van der Waals surface area contributed by atoms with Crippen LogP contribution in [0.4, 0.5) is 17.1 Å². The van der Waals surface area contributed by atoms with Gasteiger partial charge in [-0.25, -0.2) is 0 Å². The highest BCUT2D eigenvalue weighted by Gasteiger charge is 2.49. The quantitative estimate of drug-likeness (QED) is 0.169. The molecule has 1 aromatic heterocycles. The van der Waals surface area contributed by atoms with Crippen molar-refractivity contribution in [3.63, 3.8) is 0 Å². The van der Waals surface area contributed by atoms with E-state index in [2.05, 4.69) is 193 Å². The fraction of sp³-hybridized carbons (Fsp3) is 0.0385. The molecule has 0 amide bonds. The minimum Gasteiger partial charge on any atom is -0.457 e. The predicted molar refractivity (Wildman–Crippen MR) is 230 cm³/mol. The number of thiophene rings is 1. The third-order valence-electron chi connectivity index (χ3n) is 12.0. The Hall–Kier alpha value is -6.68. The number of nitrogens with zero attached hydrogens (tertiary/aromatic N) is 1. The second-order valence-corrected chi connectivity index (χ2v) is 15.8. The van der Waals surface area contributed by atoms with Gasteiger partial charge >= 0.3 is 0 Å². The molecule has 0 bridgehead atoms. The predicted octanol–water partition coefficient (Wildman–Crippen LogP) is 14.2. The van der Waals surface area contributed by atoms with E-state index in [4.69, 9.17) is 4.74 Å². The van der Waals surface area contributed by atoms with Crippen LogP contribution in [0.3, 0.4) is 0 Å². The smallest absolute Gasteiger partial charge is 0.132 e. The minimum atomic E-state index is -0.566. The number of ether oxygens (including phenoxy) is 1. The highest BCUT2D eigenvalue weighted by atomic mass is 32.1. The number of rotatable bonds is 3. The van der Waals surface area contributed by atoms with Crippen LogP contribution in [0.5, 0.6) is 11.5 Å². The average Bonchev–Trinajstić information content (AvgIpc) is 3.63. The molecule has 55 heavy (non-hydrogen) atoms. The Balaban J connectivity index is 1.19. The SMILES string of the molecule is c1ccc2c(c1)Cc1c(N(c3ccc4c(ccc5ccccc54)c3)c3cccc4c3sc3ccccc34)cccc1C21c2ccccc2Oc2ccccc21. The molecule has 0 N–H and O–H groups in total. The van der Waals surface area contributed by atoms with Crippen molar-refractivity contribution in [2.75, 3.05) is 4.90 Å². The van der Waals surface area contributed by atoms with Crippen LogP contribution in [-0.2, 0) is 11.8 Å². The van der Waals surface area contributed by atoms with E-state index in [0.717, 1.165) is 23.6 Å². The number of benzene rings is 9. The van der Waals surface area contributed by atoms with E-state index in [0.29, 0.717) is 0 Å². The summed E-state index contributed by atoms with van der Waals surface area (Å²) in [5, 5.41) is 7.61. The van der Waals surface area contributed by atoms with Crippen molar-refractivity contribution in [2.45, 2.75) is 11.8 Å². The lowest BCUT2D eigenvalue weighted by Gasteiger charge is -2.46. The van der Waals surface area contributed by atoms with Crippen LogP contribution >= 0.6 is 11.3 Å². The zero-order chi connectivity index (χ0) is 36.1. The highest BCUT2D eigenvalue weighted by Crippen LogP contribution is 2.60. The third kappa shape index (κ3) is 4.30. The molecular weight excluding hydrogens is 687 g/mol. The van der Waals surface area contributed by atoms with Crippen LogP contribution in [0.15, 0.2) is 188 Å². The Labute approximate surface area is 323 Å². The van der Waals surface area contributed by atoms with Gasteiger partial charge in [0.2, 0.25) is 0 Å². The standard InChI is InChI=1S/C52H33NOS/c1-3-15-37-33(13-1)27-28-34-31-36(29-30-38(34)37)53(47-23-11-17-40-39-16-4-10-26-50(39)55-51(40)47)46-22-12-21-43-41(46)32-35-14-2-5-18-42(35)52(43)44-19-6-8-24-48(44)54-49-25-9-7-20-45(49)52/h1-31H,32H2. The van der Waals surface area contributed by atoms with Gasteiger partial charge in [0.05, 0.1) is 21.5 Å². The molecule has 2 aliphatic rings. The van der Waals surface area contributed by atoms with Gasteiger partial charge in [0.15, 0.2) is 0 Å². The molecule has 0 radical (unpaired) electrons. The molecule has 1 aliphatic heterocycles. The van der Waals surface area contributed by atoms with Crippen LogP contribution in [0.2, 0.25) is 0 Å². The van der Waals surface area contributed by atoms with Crippen LogP contribution in [0.25, 0.3) is 41.7 Å². The van der Waals surface area contributed by atoms with Crippen molar-refractivity contribution in [3.8, 4) is 11.5 Å². The molecule has 258 valence electrons. The maximum absolute atomic E-state index is 6.69. The molecule has 9 aromatic carbocycles. The molecule has 0 unspecified atom stereocenters. The number of para-hydroxylation sites is 2. The first-order valence-electron chi connectivity index (χ1n) is 19.0. The molecule has 0 atom stereocenters. The first kappa shape index (κ1) is 30.7. The number of fused-ring (bicyclic) bond motifs is 14. The van der Waals surface area contributed by atoms with Crippen molar-refractivity contribution in [1.82, 2.24) is 0 Å². The van der Waals surface area contributed by atoms with Crippen LogP contribution in [-0.4, -0.2) is 0 Å². The maximum Gasteiger partial charge on any atom is 0.132 e. The zero-order valence-electron chi connectivity index (χ0n) is 29.9. The van der Waals surface area contributed by atoms with Crippen molar-refractivity contribution in [2.24, 2.45) is 0 Å². The fourth-order valence-electron chi connectivity index (χ4n) is 9.73. The second kappa shape index (κ2) is 11.7. The van der Waals surface area contributed by atoms with Crippen LogP contribution in [0.1, 0.15) is 33.4 Å². The summed E-state index contributed by atoms with van der Waals surface area (Å²) in [5.41, 5.74) is 10.6. The Kier molecular flexibility index (Phi) is 6.52. The van der Waals surface area contributed by atoms with E-state index in [1.807, 2.05) is 11.3 Å². The lowest BCUT2D eigenvalue weighted by molar-refractivity contribution is 0.432. The summed E-state index contributed by atoms with van der Waals surface area (Å²) in [7, 11) is 0. The Morgan fingerprint density at radius 3 is 1.93 bits per heavy atom. The highest BCUT2D eigenvalue weighted by molar-refractivity contribution is 7.26. The first-order valence-corrected chi connectivity index (χ1v) is 19.8. The number of anilines is 3. The normalized spacial score (nSPS) is 13.7. The summed E-state index contributed by atoms with van der Waals surface area (Å²) < 4.78 is 9.27. The summed E-state index contributed by atoms with van der Waals surface area (Å²) in [4.78, 5) is 2.55. The van der Waals surface area contributed by atoms with Gasteiger partial charge in [-0.05, 0) is 86.3 Å². The summed E-state index contributed by atoms with van der Waals surface area (Å²) >= 11 is 1.88. The van der Waals surface area contributed by atoms with Gasteiger partial charge in [0.25, 0.3) is 0 Å². The zero-order valence-corrected chi connectivity index (χ0v) is 30.7. The van der Waals surface area contributed by atoms with Gasteiger partial charge in [-0.2, -0.15) is 0 Å². The van der Waals surface area contributed by atoms with Crippen molar-refractivity contribution < 1.29 is 4.74 Å². The average molecular weight is 720 g/mol. The largest absolute Gasteiger partial charge is 0.457 e. The first-order chi connectivity index (χ1) is 27.3. The van der Waals surface area contributed by atoms with Gasteiger partial charge < -0.3 is 9.64 Å². The lowest BCUT2D eigenvalue weighted by Crippen LogP contribution is -2.38. The van der Waals surface area contributed by atoms with E-state index >= 15 is 0 Å². The molecular formula is C52H33NOS. The summed E-state index contributed by atoms with van der Waals surface area (Å²) in [6.45, 7) is 0. The van der Waals surface area contributed by atoms with Crippen LogP contribution in [0, 0.1) is 0 Å². The molecule has 1 aliphatic carbocycles. The van der Waals surface area contributed by atoms with E-state index in [9.17, 15) is 0 Å². The van der Waals surface area contributed by atoms with Crippen LogP contribution < -0.4 is 9.64 Å². The molecule has 1 spiro atoms. The molecule has 0 saturated carbocycles. The van der Waals surface area contributed by atoms with Gasteiger partial charge in [-0.15, -0.1) is 11.3 Å². The Bertz CT molecular complexity index is 3130. The molecule has 2 heterocycles. The van der Waals surface area contributed by atoms with E-state index in [1.165, 1.54) is 86.5 Å². The topological polar surface area (TPSA) is 12.5 Å². The summed E-state index contributed by atoms with van der Waals surface area (Å²) in [5.74, 6) is 1.81. The fourth-order valence-corrected chi connectivity index (χ4v) is 10.9. The Morgan fingerprint density at radius 1 is 0.455 bits per heavy atom. The summed E-state index contributed by atoms with van der Waals surface area (Å²) in [6.07, 6.45) is 0.811. The lowest BCUT2D eigenvalue weighted by atomic mass is 9.58. The maximum atomic E-state index is 6.69. The molecule has 12 rings (SSSR count). The van der Waals surface area contributed by atoms with Gasteiger partial charge in [0, 0.05) is 38.7 Å². The van der Waals surface area contributed by atoms with Gasteiger partial charge in [-0.1, -0.05) is 146 Å². The molecule has 0 saturated heterocycles. The van der Waals surface area contributed by atoms with Crippen molar-refractivity contribution in [3.05, 3.63) is 221 Å². The molecule has 0 fully saturated rings. The number of hydrogen-bond acceptors (Lipinski definition) is 3. The molecule has 2 nitrogen and oxygen atoms in total. The minimum absolute atomic E-state index is 0.566. The number of hydrogen-bond donors (Lipinski definition) is 0. The monoisotopic (exact) mass is 719 g/mol. The molecule has 10 aromatic rings. The van der Waals surface area contributed by atoms with Crippen molar-refractivity contribution >= 4 is 70.1 Å². The van der Waals surface area contributed by atoms with Gasteiger partial charge in [0.1, 0.15) is 11.5 Å². The summed E-state index contributed by atoms with van der Waals surface area (Å²) in [6, 6.07) is 69.2. The Morgan fingerprint density at radius 2 is 1.07 bits per heavy atom. The van der Waals surface area contributed by atoms with E-state index in [-0.39, 0.29) is 0 Å². The van der Waals surface area contributed by atoms with Crippen molar-refractivity contribution in [1.29, 1.82) is 0 Å². The van der Waals surface area contributed by atoms with E-state index < -0.39 is 5.41 Å². The second-order valence-electron chi connectivity index (χ2n) is 14.8. The molecule has 3 heteroatoms. The van der Waals surface area contributed by atoms with Gasteiger partial charge in [-0.3, -0.25) is 0 Å². The van der Waals surface area contributed by atoms with E-state index in [1.54, 1.807) is 0 Å².